The van der Waals surface area contributed by atoms with Crippen molar-refractivity contribution >= 4 is 21.9 Å². The number of carboxylic acids is 1. The van der Waals surface area contributed by atoms with E-state index in [2.05, 4.69) is 21.2 Å². The van der Waals surface area contributed by atoms with Gasteiger partial charge in [0.2, 0.25) is 0 Å². The largest absolute Gasteiger partial charge is 0.480 e. The third-order valence-corrected chi connectivity index (χ3v) is 2.99. The number of carbonyl (C=O) groups is 1. The highest BCUT2D eigenvalue weighted by molar-refractivity contribution is 9.10. The Labute approximate surface area is 101 Å². The smallest absolute Gasteiger partial charge is 0.325 e. The molecule has 16 heavy (non-hydrogen) atoms. The maximum atomic E-state index is 13.6. The Morgan fingerprint density at radius 1 is 1.56 bits per heavy atom. The van der Waals surface area contributed by atoms with Gasteiger partial charge in [-0.25, -0.2) is 4.39 Å². The van der Waals surface area contributed by atoms with Crippen molar-refractivity contribution < 1.29 is 14.3 Å². The van der Waals surface area contributed by atoms with Crippen LogP contribution in [0.5, 0.6) is 0 Å². The molecule has 3 nitrogen and oxygen atoms in total. The van der Waals surface area contributed by atoms with Crippen LogP contribution >= 0.6 is 15.9 Å². The first-order chi connectivity index (χ1) is 7.58. The SMILES string of the molecule is O=C(O)C(NC1CC1)c1ccc(Br)cc1F. The molecular formula is C11H11BrFNO2. The van der Waals surface area contributed by atoms with Gasteiger partial charge < -0.3 is 5.11 Å². The lowest BCUT2D eigenvalue weighted by Crippen LogP contribution is -2.30. The standard InChI is InChI=1S/C11H11BrFNO2/c12-6-1-4-8(9(13)5-6)10(11(15)16)14-7-2-3-7/h1,4-5,7,10,14H,2-3H2,(H,15,16). The van der Waals surface area contributed by atoms with Gasteiger partial charge in [0, 0.05) is 16.1 Å². The minimum Gasteiger partial charge on any atom is -0.480 e. The summed E-state index contributed by atoms with van der Waals surface area (Å²) in [6.45, 7) is 0. The lowest BCUT2D eigenvalue weighted by molar-refractivity contribution is -0.139. The fourth-order valence-corrected chi connectivity index (χ4v) is 1.85. The number of carboxylic acid groups (broad SMARTS) is 1. The lowest BCUT2D eigenvalue weighted by Gasteiger charge is -2.15. The third kappa shape index (κ3) is 2.59. The van der Waals surface area contributed by atoms with Crippen LogP contribution in [0, 0.1) is 5.82 Å². The molecule has 1 aliphatic carbocycles. The minimum atomic E-state index is -1.05. The first-order valence-electron chi connectivity index (χ1n) is 5.01. The molecule has 1 aliphatic rings. The van der Waals surface area contributed by atoms with Gasteiger partial charge in [-0.2, -0.15) is 0 Å². The maximum absolute atomic E-state index is 13.6. The molecule has 0 radical (unpaired) electrons. The van der Waals surface area contributed by atoms with E-state index < -0.39 is 17.8 Å². The summed E-state index contributed by atoms with van der Waals surface area (Å²) in [6, 6.07) is 3.67. The van der Waals surface area contributed by atoms with Gasteiger partial charge in [-0.1, -0.05) is 22.0 Å². The highest BCUT2D eigenvalue weighted by atomic mass is 79.9. The van der Waals surface area contributed by atoms with Crippen LogP contribution in [-0.4, -0.2) is 17.1 Å². The predicted molar refractivity (Wildman–Crippen MR) is 60.6 cm³/mol. The third-order valence-electron chi connectivity index (χ3n) is 2.50. The first-order valence-corrected chi connectivity index (χ1v) is 5.81. The Hall–Kier alpha value is -0.940. The van der Waals surface area contributed by atoms with Crippen LogP contribution in [0.25, 0.3) is 0 Å². The van der Waals surface area contributed by atoms with Crippen molar-refractivity contribution in [3.8, 4) is 0 Å². The second kappa shape index (κ2) is 4.51. The van der Waals surface area contributed by atoms with Gasteiger partial charge in [0.1, 0.15) is 11.9 Å². The van der Waals surface area contributed by atoms with Crippen molar-refractivity contribution in [3.63, 3.8) is 0 Å². The summed E-state index contributed by atoms with van der Waals surface area (Å²) in [4.78, 5) is 11.1. The van der Waals surface area contributed by atoms with E-state index in [0.717, 1.165) is 12.8 Å². The van der Waals surface area contributed by atoms with Crippen molar-refractivity contribution in [2.75, 3.05) is 0 Å². The highest BCUT2D eigenvalue weighted by Gasteiger charge is 2.30. The zero-order valence-electron chi connectivity index (χ0n) is 8.41. The van der Waals surface area contributed by atoms with Gasteiger partial charge in [0.05, 0.1) is 0 Å². The molecule has 1 saturated carbocycles. The number of aliphatic carboxylic acids is 1. The Balaban J connectivity index is 2.26. The van der Waals surface area contributed by atoms with Gasteiger partial charge >= 0.3 is 5.97 Å². The molecular weight excluding hydrogens is 277 g/mol. The van der Waals surface area contributed by atoms with E-state index in [1.165, 1.54) is 12.1 Å². The molecule has 0 heterocycles. The summed E-state index contributed by atoms with van der Waals surface area (Å²) >= 11 is 3.14. The molecule has 0 amide bonds. The topological polar surface area (TPSA) is 49.3 Å². The summed E-state index contributed by atoms with van der Waals surface area (Å²) < 4.78 is 14.2. The fraction of sp³-hybridized carbons (Fsp3) is 0.364. The maximum Gasteiger partial charge on any atom is 0.325 e. The Morgan fingerprint density at radius 2 is 2.25 bits per heavy atom. The van der Waals surface area contributed by atoms with E-state index in [1.54, 1.807) is 6.07 Å². The molecule has 0 bridgehead atoms. The molecule has 2 N–H and O–H groups in total. The highest BCUT2D eigenvalue weighted by Crippen LogP contribution is 2.27. The minimum absolute atomic E-state index is 0.183. The molecule has 0 spiro atoms. The second-order valence-corrected chi connectivity index (χ2v) is 4.79. The van der Waals surface area contributed by atoms with Crippen molar-refractivity contribution in [2.45, 2.75) is 24.9 Å². The van der Waals surface area contributed by atoms with Gasteiger partial charge in [0.15, 0.2) is 0 Å². The Morgan fingerprint density at radius 3 is 2.75 bits per heavy atom. The van der Waals surface area contributed by atoms with Gasteiger partial charge in [-0.05, 0) is 25.0 Å². The summed E-state index contributed by atoms with van der Waals surface area (Å²) in [7, 11) is 0. The van der Waals surface area contributed by atoms with Gasteiger partial charge in [0.25, 0.3) is 0 Å². The molecule has 1 unspecified atom stereocenters. The summed E-state index contributed by atoms with van der Waals surface area (Å²) in [5, 5.41) is 12.0. The van der Waals surface area contributed by atoms with Crippen LogP contribution in [0.1, 0.15) is 24.4 Å². The summed E-state index contributed by atoms with van der Waals surface area (Å²) in [5.74, 6) is -1.55. The lowest BCUT2D eigenvalue weighted by atomic mass is 10.1. The Kier molecular flexibility index (Phi) is 3.25. The zero-order chi connectivity index (χ0) is 11.7. The summed E-state index contributed by atoms with van der Waals surface area (Å²) in [6.07, 6.45) is 1.92. The van der Waals surface area contributed by atoms with E-state index in [-0.39, 0.29) is 11.6 Å². The number of rotatable bonds is 4. The van der Waals surface area contributed by atoms with Crippen LogP contribution in [0.2, 0.25) is 0 Å². The van der Waals surface area contributed by atoms with Gasteiger partial charge in [-0.3, -0.25) is 10.1 Å². The molecule has 1 fully saturated rings. The Bertz CT molecular complexity index is 420. The van der Waals surface area contributed by atoms with Crippen molar-refractivity contribution in [3.05, 3.63) is 34.1 Å². The van der Waals surface area contributed by atoms with Crippen LogP contribution in [0.3, 0.4) is 0 Å². The average molecular weight is 288 g/mol. The molecule has 86 valence electrons. The molecule has 1 atom stereocenters. The predicted octanol–water partition coefficient (Wildman–Crippen LogP) is 2.47. The molecule has 1 aromatic rings. The fourth-order valence-electron chi connectivity index (χ4n) is 1.52. The van der Waals surface area contributed by atoms with Crippen molar-refractivity contribution in [1.29, 1.82) is 0 Å². The van der Waals surface area contributed by atoms with E-state index in [4.69, 9.17) is 5.11 Å². The number of nitrogens with one attached hydrogen (secondary N) is 1. The number of hydrogen-bond donors (Lipinski definition) is 2. The first kappa shape index (κ1) is 11.5. The number of benzene rings is 1. The molecule has 0 saturated heterocycles. The normalized spacial score (nSPS) is 17.1. The molecule has 0 aromatic heterocycles. The molecule has 1 aromatic carbocycles. The molecule has 2 rings (SSSR count). The van der Waals surface area contributed by atoms with Crippen LogP contribution in [0.4, 0.5) is 4.39 Å². The van der Waals surface area contributed by atoms with Gasteiger partial charge in [-0.15, -0.1) is 0 Å². The van der Waals surface area contributed by atoms with Crippen LogP contribution in [0.15, 0.2) is 22.7 Å². The number of hydrogen-bond acceptors (Lipinski definition) is 2. The average Bonchev–Trinajstić information content (AvgIpc) is 2.98. The second-order valence-electron chi connectivity index (χ2n) is 3.88. The van der Waals surface area contributed by atoms with Crippen LogP contribution in [-0.2, 0) is 4.79 Å². The van der Waals surface area contributed by atoms with Crippen LogP contribution < -0.4 is 5.32 Å². The summed E-state index contributed by atoms with van der Waals surface area (Å²) in [5.41, 5.74) is 0.183. The van der Waals surface area contributed by atoms with Crippen molar-refractivity contribution in [1.82, 2.24) is 5.32 Å². The number of halogens is 2. The zero-order valence-corrected chi connectivity index (χ0v) is 10.00. The van der Waals surface area contributed by atoms with E-state index in [1.807, 2.05) is 0 Å². The van der Waals surface area contributed by atoms with E-state index in [9.17, 15) is 9.18 Å². The van der Waals surface area contributed by atoms with E-state index in [0.29, 0.717) is 4.47 Å². The van der Waals surface area contributed by atoms with E-state index >= 15 is 0 Å². The molecule has 0 aliphatic heterocycles. The monoisotopic (exact) mass is 287 g/mol. The van der Waals surface area contributed by atoms with Crippen molar-refractivity contribution in [2.24, 2.45) is 0 Å². The molecule has 5 heteroatoms. The quantitative estimate of drug-likeness (QED) is 0.894.